The molecule has 2 aliphatic heterocycles. The average Bonchev–Trinajstić information content (AvgIpc) is 3.14. The normalized spacial score (nSPS) is 25.0. The molecule has 2 aromatic rings. The lowest BCUT2D eigenvalue weighted by molar-refractivity contribution is -0.136. The van der Waals surface area contributed by atoms with Gasteiger partial charge in [-0.1, -0.05) is 30.3 Å². The molecule has 7 heteroatoms. The Labute approximate surface area is 193 Å². The first-order chi connectivity index (χ1) is 16.1. The van der Waals surface area contributed by atoms with Crippen LogP contribution in [0.1, 0.15) is 60.0 Å². The van der Waals surface area contributed by atoms with E-state index in [4.69, 9.17) is 0 Å². The zero-order valence-electron chi connectivity index (χ0n) is 18.7. The van der Waals surface area contributed by atoms with Crippen molar-refractivity contribution >= 4 is 23.4 Å². The van der Waals surface area contributed by atoms with E-state index in [0.29, 0.717) is 30.6 Å². The van der Waals surface area contributed by atoms with Gasteiger partial charge in [0.15, 0.2) is 0 Å². The Balaban J connectivity index is 1.18. The maximum atomic E-state index is 12.9. The Hall–Kier alpha value is -3.19. The molecule has 7 nitrogen and oxygen atoms in total. The number of hydrogen-bond donors (Lipinski definition) is 3. The average molecular weight is 447 g/mol. The first-order valence-corrected chi connectivity index (χ1v) is 11.9. The first kappa shape index (κ1) is 21.6. The molecule has 0 spiro atoms. The van der Waals surface area contributed by atoms with Crippen molar-refractivity contribution in [2.75, 3.05) is 5.32 Å². The van der Waals surface area contributed by atoms with Gasteiger partial charge in [-0.25, -0.2) is 0 Å². The zero-order valence-corrected chi connectivity index (χ0v) is 18.7. The minimum absolute atomic E-state index is 0.124. The lowest BCUT2D eigenvalue weighted by Gasteiger charge is -2.31. The minimum Gasteiger partial charge on any atom is -0.382 e. The number of nitrogens with zero attached hydrogens (tertiary/aromatic N) is 1. The maximum Gasteiger partial charge on any atom is 0.255 e. The lowest BCUT2D eigenvalue weighted by atomic mass is 9.90. The summed E-state index contributed by atoms with van der Waals surface area (Å²) in [6, 6.07) is 16.7. The van der Waals surface area contributed by atoms with Gasteiger partial charge in [0.25, 0.3) is 5.91 Å². The number of benzene rings is 2. The highest BCUT2D eigenvalue weighted by atomic mass is 16.2. The topological polar surface area (TPSA) is 90.5 Å². The van der Waals surface area contributed by atoms with Crippen LogP contribution in [-0.4, -0.2) is 40.7 Å². The van der Waals surface area contributed by atoms with Crippen LogP contribution in [0.5, 0.6) is 0 Å². The van der Waals surface area contributed by atoms with Crippen molar-refractivity contribution in [3.8, 4) is 0 Å². The van der Waals surface area contributed by atoms with Crippen molar-refractivity contribution in [3.63, 3.8) is 0 Å². The van der Waals surface area contributed by atoms with Gasteiger partial charge in [-0.2, -0.15) is 0 Å². The van der Waals surface area contributed by atoms with E-state index in [2.05, 4.69) is 46.3 Å². The number of para-hydroxylation sites is 1. The fraction of sp³-hybridized carbons (Fsp3) is 0.423. The summed E-state index contributed by atoms with van der Waals surface area (Å²) in [6.45, 7) is 1.17. The van der Waals surface area contributed by atoms with Gasteiger partial charge in [0, 0.05) is 42.8 Å². The SMILES string of the molecule is O=C1CCC(N2Cc3cc(CN[C@H]4CCC[C@@H](Nc5ccccc5)C4)ccc3C2=O)C(=O)N1. The quantitative estimate of drug-likeness (QED) is 0.594. The second-order valence-corrected chi connectivity index (χ2v) is 9.34. The van der Waals surface area contributed by atoms with Crippen molar-refractivity contribution in [1.29, 1.82) is 0 Å². The third-order valence-electron chi connectivity index (χ3n) is 7.00. The molecule has 5 rings (SSSR count). The monoisotopic (exact) mass is 446 g/mol. The number of fused-ring (bicyclic) bond motifs is 1. The number of anilines is 1. The highest BCUT2D eigenvalue weighted by molar-refractivity contribution is 6.05. The summed E-state index contributed by atoms with van der Waals surface area (Å²) in [5.41, 5.74) is 3.93. The Bertz CT molecular complexity index is 1050. The van der Waals surface area contributed by atoms with Gasteiger partial charge >= 0.3 is 0 Å². The van der Waals surface area contributed by atoms with Crippen molar-refractivity contribution in [2.24, 2.45) is 0 Å². The van der Waals surface area contributed by atoms with E-state index in [0.717, 1.165) is 24.1 Å². The lowest BCUT2D eigenvalue weighted by Crippen LogP contribution is -2.52. The second-order valence-electron chi connectivity index (χ2n) is 9.34. The van der Waals surface area contributed by atoms with Crippen LogP contribution >= 0.6 is 0 Å². The van der Waals surface area contributed by atoms with Gasteiger partial charge in [0.05, 0.1) is 0 Å². The molecule has 2 heterocycles. The number of nitrogens with one attached hydrogen (secondary N) is 3. The van der Waals surface area contributed by atoms with Crippen LogP contribution in [0.25, 0.3) is 0 Å². The highest BCUT2D eigenvalue weighted by Gasteiger charge is 2.39. The fourth-order valence-electron chi connectivity index (χ4n) is 5.28. The van der Waals surface area contributed by atoms with Gasteiger partial charge < -0.3 is 15.5 Å². The maximum absolute atomic E-state index is 12.9. The number of rotatable bonds is 6. The molecule has 3 aliphatic rings. The molecule has 3 atom stereocenters. The number of piperidine rings is 1. The molecular formula is C26H30N4O3. The number of carbonyl (C=O) groups is 3. The number of imide groups is 1. The molecule has 3 amide bonds. The van der Waals surface area contributed by atoms with Crippen LogP contribution < -0.4 is 16.0 Å². The summed E-state index contributed by atoms with van der Waals surface area (Å²) in [5, 5.41) is 9.71. The van der Waals surface area contributed by atoms with E-state index in [-0.39, 0.29) is 24.1 Å². The Morgan fingerprint density at radius 2 is 1.79 bits per heavy atom. The molecule has 3 N–H and O–H groups in total. The van der Waals surface area contributed by atoms with Crippen molar-refractivity contribution in [2.45, 2.75) is 69.7 Å². The van der Waals surface area contributed by atoms with Crippen LogP contribution in [0.4, 0.5) is 5.69 Å². The molecule has 0 bridgehead atoms. The molecule has 1 saturated carbocycles. The van der Waals surface area contributed by atoms with E-state index in [1.165, 1.54) is 24.9 Å². The van der Waals surface area contributed by atoms with Gasteiger partial charge in [-0.05, 0) is 61.4 Å². The van der Waals surface area contributed by atoms with Crippen LogP contribution in [0.2, 0.25) is 0 Å². The van der Waals surface area contributed by atoms with Crippen LogP contribution in [-0.2, 0) is 22.7 Å². The van der Waals surface area contributed by atoms with E-state index in [9.17, 15) is 14.4 Å². The molecule has 1 unspecified atom stereocenters. The summed E-state index contributed by atoms with van der Waals surface area (Å²) >= 11 is 0. The third-order valence-corrected chi connectivity index (χ3v) is 7.00. The third kappa shape index (κ3) is 4.78. The smallest absolute Gasteiger partial charge is 0.255 e. The van der Waals surface area contributed by atoms with Gasteiger partial charge in [0.2, 0.25) is 11.8 Å². The number of carbonyl (C=O) groups excluding carboxylic acids is 3. The number of amides is 3. The van der Waals surface area contributed by atoms with E-state index < -0.39 is 6.04 Å². The minimum atomic E-state index is -0.569. The van der Waals surface area contributed by atoms with Gasteiger partial charge in [0.1, 0.15) is 6.04 Å². The van der Waals surface area contributed by atoms with Crippen molar-refractivity contribution in [1.82, 2.24) is 15.5 Å². The molecule has 0 aromatic heterocycles. The molecular weight excluding hydrogens is 416 g/mol. The van der Waals surface area contributed by atoms with Gasteiger partial charge in [-0.3, -0.25) is 19.7 Å². The van der Waals surface area contributed by atoms with Gasteiger partial charge in [-0.15, -0.1) is 0 Å². The van der Waals surface area contributed by atoms with Crippen LogP contribution in [0.15, 0.2) is 48.5 Å². The summed E-state index contributed by atoms with van der Waals surface area (Å²) in [5.74, 6) is -0.760. The predicted octanol–water partition coefficient (Wildman–Crippen LogP) is 2.96. The molecule has 1 saturated heterocycles. The predicted molar refractivity (Wildman–Crippen MR) is 125 cm³/mol. The molecule has 2 aromatic carbocycles. The molecule has 0 radical (unpaired) electrons. The van der Waals surface area contributed by atoms with E-state index >= 15 is 0 Å². The molecule has 172 valence electrons. The largest absolute Gasteiger partial charge is 0.382 e. The standard InChI is InChI=1S/C26H30N4O3/c31-24-12-11-23(25(32)29-24)30-16-18-13-17(9-10-22(18)26(30)33)15-27-20-7-4-8-21(14-20)28-19-5-2-1-3-6-19/h1-3,5-6,9-10,13,20-21,23,27-28H,4,7-8,11-12,14-16H2,(H,29,31,32)/t20-,21+,23?/m0/s1. The second kappa shape index (κ2) is 9.35. The highest BCUT2D eigenvalue weighted by Crippen LogP contribution is 2.28. The molecule has 33 heavy (non-hydrogen) atoms. The summed E-state index contributed by atoms with van der Waals surface area (Å²) < 4.78 is 0. The van der Waals surface area contributed by atoms with Crippen LogP contribution in [0.3, 0.4) is 0 Å². The first-order valence-electron chi connectivity index (χ1n) is 11.9. The summed E-state index contributed by atoms with van der Waals surface area (Å²) in [6.07, 6.45) is 5.29. The van der Waals surface area contributed by atoms with Crippen molar-refractivity contribution in [3.05, 3.63) is 65.2 Å². The molecule has 1 aliphatic carbocycles. The number of hydrogen-bond acceptors (Lipinski definition) is 5. The van der Waals surface area contributed by atoms with E-state index in [1.54, 1.807) is 4.90 Å². The van der Waals surface area contributed by atoms with Crippen LogP contribution in [0, 0.1) is 0 Å². The Morgan fingerprint density at radius 3 is 2.61 bits per heavy atom. The fourth-order valence-corrected chi connectivity index (χ4v) is 5.28. The van der Waals surface area contributed by atoms with Crippen molar-refractivity contribution < 1.29 is 14.4 Å². The molecule has 2 fully saturated rings. The summed E-state index contributed by atoms with van der Waals surface area (Å²) in [7, 11) is 0. The summed E-state index contributed by atoms with van der Waals surface area (Å²) in [4.78, 5) is 38.1. The Morgan fingerprint density at radius 1 is 0.970 bits per heavy atom. The zero-order chi connectivity index (χ0) is 22.8. The van der Waals surface area contributed by atoms with E-state index in [1.807, 2.05) is 18.2 Å². The Kier molecular flexibility index (Phi) is 6.13.